The van der Waals surface area contributed by atoms with E-state index in [0.29, 0.717) is 0 Å². The van der Waals surface area contributed by atoms with Gasteiger partial charge >= 0.3 is 0 Å². The monoisotopic (exact) mass is 218 g/mol. The molecule has 2 heteroatoms. The molecule has 0 nitrogen and oxygen atoms in total. The van der Waals surface area contributed by atoms with E-state index in [-0.39, 0.29) is 0 Å². The quantitative estimate of drug-likeness (QED) is 0.594. The zero-order valence-electron chi connectivity index (χ0n) is 11.4. The fourth-order valence-corrected chi connectivity index (χ4v) is 2.59. The summed E-state index contributed by atoms with van der Waals surface area (Å²) in [7, 11) is 4.91. The van der Waals surface area contributed by atoms with Crippen molar-refractivity contribution in [2.75, 3.05) is 0 Å². The predicted molar refractivity (Wildman–Crippen MR) is 76.5 cm³/mol. The summed E-state index contributed by atoms with van der Waals surface area (Å²) in [5, 5.41) is 0. The van der Waals surface area contributed by atoms with E-state index in [4.69, 9.17) is 0 Å². The topological polar surface area (TPSA) is 0 Å². The lowest BCUT2D eigenvalue weighted by molar-refractivity contribution is 0.583. The van der Waals surface area contributed by atoms with Crippen molar-refractivity contribution >= 4 is 14.3 Å². The highest BCUT2D eigenvalue weighted by Gasteiger charge is 2.11. The molecule has 0 aromatic rings. The molecule has 0 saturated heterocycles. The van der Waals surface area contributed by atoms with Crippen molar-refractivity contribution in [1.29, 1.82) is 0 Å². The van der Waals surface area contributed by atoms with Crippen molar-refractivity contribution in [3.05, 3.63) is 0 Å². The predicted octanol–water partition coefficient (Wildman–Crippen LogP) is 4.84. The first-order chi connectivity index (χ1) is 7.79. The van der Waals surface area contributed by atoms with E-state index >= 15 is 0 Å². The van der Waals surface area contributed by atoms with Gasteiger partial charge in [-0.3, -0.25) is 0 Å². The summed E-state index contributed by atoms with van der Waals surface area (Å²) in [6.07, 6.45) is 14.6. The Morgan fingerprint density at radius 1 is 0.750 bits per heavy atom. The number of rotatable bonds is 3. The minimum Gasteiger partial charge on any atom is -0.0829 e. The standard InChI is InChI=1S/C14H28B2/c1-13(2)15-16-14-11-9-7-5-3-4-6-8-10-12-14/h13-14H,3-12H2,1-2H3. The Morgan fingerprint density at radius 2 is 1.19 bits per heavy atom. The zero-order chi connectivity index (χ0) is 11.6. The molecule has 0 bridgehead atoms. The molecular weight excluding hydrogens is 190 g/mol. The van der Waals surface area contributed by atoms with Crippen LogP contribution in [0.4, 0.5) is 0 Å². The molecule has 0 aromatic carbocycles. The van der Waals surface area contributed by atoms with Gasteiger partial charge in [-0.15, -0.1) is 0 Å². The largest absolute Gasteiger partial charge is 0.0829 e. The van der Waals surface area contributed by atoms with Crippen LogP contribution in [0.15, 0.2) is 0 Å². The van der Waals surface area contributed by atoms with Crippen LogP contribution in [0.25, 0.3) is 0 Å². The van der Waals surface area contributed by atoms with Crippen molar-refractivity contribution in [1.82, 2.24) is 0 Å². The summed E-state index contributed by atoms with van der Waals surface area (Å²) in [5.74, 6) is 1.60. The van der Waals surface area contributed by atoms with Crippen LogP contribution in [0.5, 0.6) is 0 Å². The zero-order valence-corrected chi connectivity index (χ0v) is 11.4. The van der Waals surface area contributed by atoms with Gasteiger partial charge in [-0.2, -0.15) is 0 Å². The smallest absolute Gasteiger partial charge is 0.0699 e. The second-order valence-corrected chi connectivity index (χ2v) is 5.79. The summed E-state index contributed by atoms with van der Waals surface area (Å²) < 4.78 is 0. The van der Waals surface area contributed by atoms with Gasteiger partial charge in [0.05, 0.1) is 14.3 Å². The summed E-state index contributed by atoms with van der Waals surface area (Å²) in [5.41, 5.74) is 0. The molecule has 0 aliphatic heterocycles. The first-order valence-corrected chi connectivity index (χ1v) is 7.47. The Labute approximate surface area is 104 Å². The van der Waals surface area contributed by atoms with Gasteiger partial charge in [-0.1, -0.05) is 89.7 Å². The minimum atomic E-state index is 0.721. The van der Waals surface area contributed by atoms with Crippen LogP contribution in [-0.4, -0.2) is 14.3 Å². The van der Waals surface area contributed by atoms with E-state index in [1.807, 2.05) is 0 Å². The molecule has 16 heavy (non-hydrogen) atoms. The maximum Gasteiger partial charge on any atom is 0.0699 e. The van der Waals surface area contributed by atoms with Gasteiger partial charge in [0, 0.05) is 0 Å². The van der Waals surface area contributed by atoms with Crippen molar-refractivity contribution < 1.29 is 0 Å². The maximum absolute atomic E-state index is 2.50. The van der Waals surface area contributed by atoms with E-state index < -0.39 is 0 Å². The van der Waals surface area contributed by atoms with Crippen LogP contribution in [0.3, 0.4) is 0 Å². The van der Waals surface area contributed by atoms with E-state index in [2.05, 4.69) is 28.2 Å². The van der Waals surface area contributed by atoms with Crippen molar-refractivity contribution in [3.63, 3.8) is 0 Å². The molecule has 1 rings (SSSR count). The maximum atomic E-state index is 2.50. The average molecular weight is 218 g/mol. The van der Waals surface area contributed by atoms with Crippen LogP contribution in [-0.2, 0) is 0 Å². The molecule has 1 saturated carbocycles. The Balaban J connectivity index is 2.22. The van der Waals surface area contributed by atoms with Gasteiger partial charge in [0.1, 0.15) is 0 Å². The summed E-state index contributed by atoms with van der Waals surface area (Å²) in [4.78, 5) is 0. The molecule has 0 spiro atoms. The third-order valence-corrected chi connectivity index (χ3v) is 3.67. The lowest BCUT2D eigenvalue weighted by Crippen LogP contribution is -2.14. The molecule has 0 aromatic heterocycles. The van der Waals surface area contributed by atoms with E-state index in [0.717, 1.165) is 11.6 Å². The summed E-state index contributed by atoms with van der Waals surface area (Å²) in [6, 6.07) is 0. The number of hydrogen-bond acceptors (Lipinski definition) is 0. The number of hydrogen-bond donors (Lipinski definition) is 0. The van der Waals surface area contributed by atoms with E-state index in [1.165, 1.54) is 64.2 Å². The van der Waals surface area contributed by atoms with Crippen LogP contribution in [0.2, 0.25) is 11.6 Å². The van der Waals surface area contributed by atoms with Crippen LogP contribution in [0, 0.1) is 0 Å². The van der Waals surface area contributed by atoms with Gasteiger partial charge in [0.15, 0.2) is 0 Å². The molecule has 90 valence electrons. The Hall–Kier alpha value is 0.130. The molecule has 2 radical (unpaired) electrons. The second-order valence-electron chi connectivity index (χ2n) is 5.79. The molecule has 0 amide bonds. The SMILES string of the molecule is CC(C)[B][B]C1CCCCCCCCCC1. The van der Waals surface area contributed by atoms with Gasteiger partial charge in [0.2, 0.25) is 0 Å². The van der Waals surface area contributed by atoms with Crippen LogP contribution in [0.1, 0.15) is 78.1 Å². The van der Waals surface area contributed by atoms with Gasteiger partial charge in [-0.05, 0) is 0 Å². The van der Waals surface area contributed by atoms with E-state index in [9.17, 15) is 0 Å². The molecule has 0 atom stereocenters. The molecule has 1 fully saturated rings. The third kappa shape index (κ3) is 7.41. The molecule has 0 heterocycles. The average Bonchev–Trinajstić information content (AvgIpc) is 2.31. The Bertz CT molecular complexity index is 145. The minimum absolute atomic E-state index is 0.721. The van der Waals surface area contributed by atoms with Gasteiger partial charge in [-0.25, -0.2) is 0 Å². The van der Waals surface area contributed by atoms with E-state index in [1.54, 1.807) is 0 Å². The normalized spacial score (nSPS) is 21.4. The molecule has 0 N–H and O–H groups in total. The van der Waals surface area contributed by atoms with Crippen molar-refractivity contribution in [2.45, 2.75) is 89.7 Å². The Morgan fingerprint density at radius 3 is 1.62 bits per heavy atom. The lowest BCUT2D eigenvalue weighted by atomic mass is 9.29. The molecule has 1 aliphatic rings. The molecular formula is C14H28B2. The second kappa shape index (κ2) is 9.19. The molecule has 0 unspecified atom stereocenters. The van der Waals surface area contributed by atoms with Gasteiger partial charge < -0.3 is 0 Å². The van der Waals surface area contributed by atoms with Crippen molar-refractivity contribution in [2.24, 2.45) is 0 Å². The first kappa shape index (κ1) is 14.2. The molecule has 1 aliphatic carbocycles. The van der Waals surface area contributed by atoms with Crippen LogP contribution < -0.4 is 0 Å². The highest BCUT2D eigenvalue weighted by molar-refractivity contribution is 7.01. The fourth-order valence-electron chi connectivity index (χ4n) is 2.59. The Kier molecular flexibility index (Phi) is 8.15. The summed E-state index contributed by atoms with van der Waals surface area (Å²) >= 11 is 0. The van der Waals surface area contributed by atoms with Crippen molar-refractivity contribution in [3.8, 4) is 0 Å². The lowest BCUT2D eigenvalue weighted by Gasteiger charge is -2.16. The first-order valence-electron chi connectivity index (χ1n) is 7.47. The third-order valence-electron chi connectivity index (χ3n) is 3.67. The highest BCUT2D eigenvalue weighted by atomic mass is 14.1. The highest BCUT2D eigenvalue weighted by Crippen LogP contribution is 2.24. The van der Waals surface area contributed by atoms with Gasteiger partial charge in [0.25, 0.3) is 0 Å². The fraction of sp³-hybridized carbons (Fsp3) is 1.00. The van der Waals surface area contributed by atoms with Crippen LogP contribution >= 0.6 is 0 Å². The summed E-state index contributed by atoms with van der Waals surface area (Å²) in [6.45, 7) is 4.56.